The molecule has 0 saturated carbocycles. The third-order valence-electron chi connectivity index (χ3n) is 5.97. The fourth-order valence-corrected chi connectivity index (χ4v) is 4.15. The summed E-state index contributed by atoms with van der Waals surface area (Å²) in [5.74, 6) is 0.782. The van der Waals surface area contributed by atoms with Gasteiger partial charge in [-0.25, -0.2) is 14.5 Å². The second kappa shape index (κ2) is 8.43. The number of fused-ring (bicyclic) bond motifs is 2. The van der Waals surface area contributed by atoms with Crippen LogP contribution < -0.4 is 16.4 Å². The minimum absolute atomic E-state index is 0.0628. The Labute approximate surface area is 202 Å². The summed E-state index contributed by atoms with van der Waals surface area (Å²) in [5.41, 5.74) is 12.8. The summed E-state index contributed by atoms with van der Waals surface area (Å²) < 4.78 is 1.59. The molecule has 5 N–H and O–H groups in total. The number of carbonyl (C=O) groups excluding carboxylic acids is 1. The van der Waals surface area contributed by atoms with Crippen molar-refractivity contribution < 1.29 is 4.79 Å². The summed E-state index contributed by atoms with van der Waals surface area (Å²) in [5, 5.41) is 10.4. The molecule has 0 aliphatic heterocycles. The molecule has 0 aliphatic rings. The standard InChI is InChI=1S/C26H28N8O/c1-5-28-24(35)18-13-34-22(23(27)29-14-30-34)21(18)15-6-9-17(10-7-15)31-25-32-19-11-8-16(26(2,3)4)12-20(19)33-25/h6-14H,5H2,1-4H3,(H,28,35)(H2,27,29,30)(H2,31,32,33). The lowest BCUT2D eigenvalue weighted by Crippen LogP contribution is -2.22. The number of nitrogens with zero attached hydrogens (tertiary/aromatic N) is 4. The van der Waals surface area contributed by atoms with Crippen LogP contribution in [0.2, 0.25) is 0 Å². The highest BCUT2D eigenvalue weighted by atomic mass is 16.1. The van der Waals surface area contributed by atoms with Crippen LogP contribution in [0.1, 0.15) is 43.6 Å². The van der Waals surface area contributed by atoms with Crippen molar-refractivity contribution in [3.63, 3.8) is 0 Å². The topological polar surface area (TPSA) is 126 Å². The zero-order valence-electron chi connectivity index (χ0n) is 20.2. The SMILES string of the molecule is CCNC(=O)c1cn2ncnc(N)c2c1-c1ccc(Nc2nc3ccc(C(C)(C)C)cc3[nH]2)cc1. The first-order chi connectivity index (χ1) is 16.7. The molecule has 9 heteroatoms. The van der Waals surface area contributed by atoms with Gasteiger partial charge in [0.25, 0.3) is 5.91 Å². The van der Waals surface area contributed by atoms with Gasteiger partial charge >= 0.3 is 0 Å². The zero-order valence-corrected chi connectivity index (χ0v) is 20.2. The molecule has 0 fully saturated rings. The van der Waals surface area contributed by atoms with Crippen LogP contribution in [0.25, 0.3) is 27.7 Å². The Morgan fingerprint density at radius 2 is 1.91 bits per heavy atom. The Bertz CT molecular complexity index is 1540. The van der Waals surface area contributed by atoms with Gasteiger partial charge in [-0.15, -0.1) is 0 Å². The van der Waals surface area contributed by atoms with E-state index in [2.05, 4.69) is 63.6 Å². The van der Waals surface area contributed by atoms with E-state index in [9.17, 15) is 4.79 Å². The van der Waals surface area contributed by atoms with E-state index in [1.54, 1.807) is 10.7 Å². The largest absolute Gasteiger partial charge is 0.382 e. The smallest absolute Gasteiger partial charge is 0.253 e. The average Bonchev–Trinajstić information content (AvgIpc) is 3.40. The first kappa shape index (κ1) is 22.4. The number of nitrogens with one attached hydrogen (secondary N) is 3. The van der Waals surface area contributed by atoms with Crippen molar-refractivity contribution >= 4 is 39.9 Å². The van der Waals surface area contributed by atoms with Gasteiger partial charge in [0.2, 0.25) is 5.95 Å². The number of imidazole rings is 1. The predicted octanol–water partition coefficient (Wildman–Crippen LogP) is 4.65. The molecule has 3 aromatic heterocycles. The molecule has 0 aliphatic carbocycles. The lowest BCUT2D eigenvalue weighted by atomic mass is 9.87. The van der Waals surface area contributed by atoms with Gasteiger partial charge in [0, 0.05) is 24.0 Å². The molecule has 5 aromatic rings. The van der Waals surface area contributed by atoms with Crippen molar-refractivity contribution in [1.82, 2.24) is 29.9 Å². The van der Waals surface area contributed by atoms with Crippen molar-refractivity contribution in [1.29, 1.82) is 0 Å². The number of H-pyrrole nitrogens is 1. The summed E-state index contributed by atoms with van der Waals surface area (Å²) in [7, 11) is 0. The van der Waals surface area contributed by atoms with E-state index < -0.39 is 0 Å². The number of benzene rings is 2. The molecule has 0 unspecified atom stereocenters. The van der Waals surface area contributed by atoms with Gasteiger partial charge in [0.05, 0.1) is 16.6 Å². The number of nitrogen functional groups attached to an aromatic ring is 1. The molecule has 0 atom stereocenters. The van der Waals surface area contributed by atoms with Gasteiger partial charge in [-0.3, -0.25) is 4.79 Å². The molecule has 1 amide bonds. The molecule has 0 saturated heterocycles. The highest BCUT2D eigenvalue weighted by molar-refractivity contribution is 6.07. The lowest BCUT2D eigenvalue weighted by molar-refractivity contribution is 0.0956. The molecule has 0 radical (unpaired) electrons. The third kappa shape index (κ3) is 4.16. The summed E-state index contributed by atoms with van der Waals surface area (Å²) >= 11 is 0. The van der Waals surface area contributed by atoms with E-state index in [0.29, 0.717) is 35.0 Å². The molecule has 0 bridgehead atoms. The van der Waals surface area contributed by atoms with Crippen molar-refractivity contribution in [2.45, 2.75) is 33.1 Å². The monoisotopic (exact) mass is 468 g/mol. The highest BCUT2D eigenvalue weighted by Gasteiger charge is 2.21. The number of hydrogen-bond acceptors (Lipinski definition) is 6. The molecule has 35 heavy (non-hydrogen) atoms. The van der Waals surface area contributed by atoms with Gasteiger partial charge in [-0.05, 0) is 47.7 Å². The van der Waals surface area contributed by atoms with Crippen LogP contribution in [0, 0.1) is 0 Å². The quantitative estimate of drug-likeness (QED) is 0.298. The first-order valence-electron chi connectivity index (χ1n) is 11.5. The second-order valence-corrected chi connectivity index (χ2v) is 9.49. The van der Waals surface area contributed by atoms with E-state index in [1.807, 2.05) is 37.3 Å². The van der Waals surface area contributed by atoms with Crippen LogP contribution in [0.5, 0.6) is 0 Å². The molecule has 9 nitrogen and oxygen atoms in total. The van der Waals surface area contributed by atoms with Crippen LogP contribution in [-0.2, 0) is 5.41 Å². The lowest BCUT2D eigenvalue weighted by Gasteiger charge is -2.18. The van der Waals surface area contributed by atoms with Gasteiger partial charge < -0.3 is 21.4 Å². The van der Waals surface area contributed by atoms with Crippen LogP contribution in [0.15, 0.2) is 55.0 Å². The van der Waals surface area contributed by atoms with E-state index in [1.165, 1.54) is 11.9 Å². The fourth-order valence-electron chi connectivity index (χ4n) is 4.15. The Hall–Kier alpha value is -4.40. The molecule has 5 rings (SSSR count). The number of aromatic amines is 1. The summed E-state index contributed by atoms with van der Waals surface area (Å²) in [6.45, 7) is 8.97. The maximum Gasteiger partial charge on any atom is 0.253 e. The zero-order chi connectivity index (χ0) is 24.7. The minimum Gasteiger partial charge on any atom is -0.382 e. The maximum absolute atomic E-state index is 12.8. The number of hydrogen-bond donors (Lipinski definition) is 4. The second-order valence-electron chi connectivity index (χ2n) is 9.49. The van der Waals surface area contributed by atoms with E-state index in [4.69, 9.17) is 5.73 Å². The van der Waals surface area contributed by atoms with Crippen LogP contribution >= 0.6 is 0 Å². The molecule has 2 aromatic carbocycles. The molecule has 0 spiro atoms. The molecule has 178 valence electrons. The average molecular weight is 469 g/mol. The third-order valence-corrected chi connectivity index (χ3v) is 5.97. The highest BCUT2D eigenvalue weighted by Crippen LogP contribution is 2.33. The molecular weight excluding hydrogens is 440 g/mol. The van der Waals surface area contributed by atoms with Crippen molar-refractivity contribution in [2.24, 2.45) is 0 Å². The number of carbonyl (C=O) groups is 1. The number of anilines is 3. The Kier molecular flexibility index (Phi) is 5.39. The molecular formula is C26H28N8O. The number of amides is 1. The van der Waals surface area contributed by atoms with Crippen LogP contribution in [0.4, 0.5) is 17.5 Å². The normalized spacial score (nSPS) is 11.8. The van der Waals surface area contributed by atoms with Crippen LogP contribution in [0.3, 0.4) is 0 Å². The van der Waals surface area contributed by atoms with Gasteiger partial charge in [-0.2, -0.15) is 5.10 Å². The summed E-state index contributed by atoms with van der Waals surface area (Å²) in [4.78, 5) is 24.9. The maximum atomic E-state index is 12.8. The summed E-state index contributed by atoms with van der Waals surface area (Å²) in [6, 6.07) is 14.0. The van der Waals surface area contributed by atoms with Crippen LogP contribution in [-0.4, -0.2) is 37.0 Å². The Morgan fingerprint density at radius 3 is 2.63 bits per heavy atom. The molecule has 3 heterocycles. The van der Waals surface area contributed by atoms with Crippen molar-refractivity contribution in [2.75, 3.05) is 17.6 Å². The first-order valence-corrected chi connectivity index (χ1v) is 11.5. The Balaban J connectivity index is 1.48. The van der Waals surface area contributed by atoms with Gasteiger partial charge in [-0.1, -0.05) is 39.0 Å². The van der Waals surface area contributed by atoms with Gasteiger partial charge in [0.15, 0.2) is 5.82 Å². The van der Waals surface area contributed by atoms with E-state index >= 15 is 0 Å². The summed E-state index contributed by atoms with van der Waals surface area (Å²) in [6.07, 6.45) is 3.05. The number of nitrogens with two attached hydrogens (primary N) is 1. The van der Waals surface area contributed by atoms with E-state index in [-0.39, 0.29) is 11.3 Å². The van der Waals surface area contributed by atoms with Gasteiger partial charge in [0.1, 0.15) is 11.8 Å². The number of rotatable bonds is 5. The fraction of sp³-hybridized carbons (Fsp3) is 0.231. The predicted molar refractivity (Wildman–Crippen MR) is 139 cm³/mol. The minimum atomic E-state index is -0.188. The van der Waals surface area contributed by atoms with Crippen molar-refractivity contribution in [3.8, 4) is 11.1 Å². The Morgan fingerprint density at radius 1 is 1.14 bits per heavy atom. The van der Waals surface area contributed by atoms with Crippen molar-refractivity contribution in [3.05, 3.63) is 66.1 Å². The van der Waals surface area contributed by atoms with E-state index in [0.717, 1.165) is 22.3 Å². The number of aromatic nitrogens is 5.